The molecule has 1 unspecified atom stereocenters. The third kappa shape index (κ3) is 3.06. The highest BCUT2D eigenvalue weighted by Gasteiger charge is 2.27. The predicted molar refractivity (Wildman–Crippen MR) is 64.9 cm³/mol. The molecule has 2 heterocycles. The Balaban J connectivity index is 1.99. The zero-order valence-electron chi connectivity index (χ0n) is 10.1. The second-order valence-corrected chi connectivity index (χ2v) is 6.61. The van der Waals surface area contributed by atoms with Crippen molar-refractivity contribution in [3.05, 3.63) is 11.6 Å². The summed E-state index contributed by atoms with van der Waals surface area (Å²) in [5.74, 6) is 0.489. The number of H-pyrrole nitrogens is 1. The lowest BCUT2D eigenvalue weighted by molar-refractivity contribution is 0.0928. The molecule has 1 atom stereocenters. The van der Waals surface area contributed by atoms with Gasteiger partial charge in [0.15, 0.2) is 9.84 Å². The highest BCUT2D eigenvalue weighted by atomic mass is 32.2. The molecule has 0 radical (unpaired) electrons. The lowest BCUT2D eigenvalue weighted by Crippen LogP contribution is -2.43. The minimum absolute atomic E-state index is 0.00377. The number of rotatable bonds is 3. The van der Waals surface area contributed by atoms with Crippen molar-refractivity contribution in [3.63, 3.8) is 0 Å². The highest BCUT2D eigenvalue weighted by Crippen LogP contribution is 2.12. The van der Waals surface area contributed by atoms with Crippen LogP contribution in [0.3, 0.4) is 0 Å². The van der Waals surface area contributed by atoms with Crippen LogP contribution < -0.4 is 5.32 Å². The highest BCUT2D eigenvalue weighted by molar-refractivity contribution is 7.91. The molecule has 1 fully saturated rings. The number of sulfone groups is 1. The number of aryl methyl sites for hydroxylation is 1. The Morgan fingerprint density at radius 1 is 1.56 bits per heavy atom. The number of aromatic nitrogens is 3. The molecule has 0 aromatic carbocycles. The average Bonchev–Trinajstić information content (AvgIpc) is 2.76. The normalized spacial score (nSPS) is 22.6. The third-order valence-electron chi connectivity index (χ3n) is 2.87. The number of hydrogen-bond acceptors (Lipinski definition) is 5. The summed E-state index contributed by atoms with van der Waals surface area (Å²) in [5, 5.41) is 9.11. The van der Waals surface area contributed by atoms with E-state index in [0.29, 0.717) is 25.1 Å². The Morgan fingerprint density at radius 3 is 2.94 bits per heavy atom. The monoisotopic (exact) mass is 272 g/mol. The molecule has 100 valence electrons. The van der Waals surface area contributed by atoms with Crippen LogP contribution in [0.15, 0.2) is 0 Å². The van der Waals surface area contributed by atoms with E-state index in [2.05, 4.69) is 20.5 Å². The first kappa shape index (κ1) is 13.0. The number of amides is 1. The predicted octanol–water partition coefficient (Wildman–Crippen LogP) is -0.326. The summed E-state index contributed by atoms with van der Waals surface area (Å²) in [6.07, 6.45) is 1.93. The van der Waals surface area contributed by atoms with Gasteiger partial charge in [0.2, 0.25) is 5.82 Å². The SMILES string of the molecule is CCc1nc(C(=O)NC2CCCS(=O)(=O)C2)n[nH]1. The Kier molecular flexibility index (Phi) is 3.65. The van der Waals surface area contributed by atoms with Crippen LogP contribution >= 0.6 is 0 Å². The maximum atomic E-state index is 11.8. The van der Waals surface area contributed by atoms with Crippen LogP contribution in [0.25, 0.3) is 0 Å². The molecule has 7 nitrogen and oxygen atoms in total. The summed E-state index contributed by atoms with van der Waals surface area (Å²) < 4.78 is 22.9. The Morgan fingerprint density at radius 2 is 2.33 bits per heavy atom. The minimum Gasteiger partial charge on any atom is -0.346 e. The number of aromatic amines is 1. The van der Waals surface area contributed by atoms with Gasteiger partial charge in [0.1, 0.15) is 5.82 Å². The van der Waals surface area contributed by atoms with Gasteiger partial charge >= 0.3 is 0 Å². The fraction of sp³-hybridized carbons (Fsp3) is 0.700. The Hall–Kier alpha value is -1.44. The second-order valence-electron chi connectivity index (χ2n) is 4.39. The van der Waals surface area contributed by atoms with Crippen molar-refractivity contribution in [2.75, 3.05) is 11.5 Å². The summed E-state index contributed by atoms with van der Waals surface area (Å²) in [7, 11) is -3.02. The van der Waals surface area contributed by atoms with Gasteiger partial charge in [0.25, 0.3) is 5.91 Å². The second kappa shape index (κ2) is 5.05. The van der Waals surface area contributed by atoms with E-state index >= 15 is 0 Å². The molecule has 0 saturated carbocycles. The molecule has 1 aliphatic heterocycles. The summed E-state index contributed by atoms with van der Waals surface area (Å²) in [5.41, 5.74) is 0. The third-order valence-corrected chi connectivity index (χ3v) is 4.69. The molecule has 8 heteroatoms. The van der Waals surface area contributed by atoms with Gasteiger partial charge in [0.05, 0.1) is 11.5 Å². The molecule has 2 rings (SSSR count). The minimum atomic E-state index is -3.02. The van der Waals surface area contributed by atoms with Crippen LogP contribution in [0, 0.1) is 0 Å². The lowest BCUT2D eigenvalue weighted by atomic mass is 10.2. The maximum absolute atomic E-state index is 11.8. The Labute approximate surface area is 105 Å². The van der Waals surface area contributed by atoms with Crippen LogP contribution in [0.1, 0.15) is 36.2 Å². The molecule has 1 saturated heterocycles. The van der Waals surface area contributed by atoms with Gasteiger partial charge in [-0.3, -0.25) is 9.89 Å². The fourth-order valence-corrected chi connectivity index (χ4v) is 3.58. The summed E-state index contributed by atoms with van der Waals surface area (Å²) in [4.78, 5) is 15.8. The van der Waals surface area contributed by atoms with Crippen molar-refractivity contribution in [2.45, 2.75) is 32.2 Å². The topological polar surface area (TPSA) is 105 Å². The quantitative estimate of drug-likeness (QED) is 0.784. The molecule has 1 aromatic heterocycles. The van der Waals surface area contributed by atoms with Crippen LogP contribution in [0.2, 0.25) is 0 Å². The Bertz CT molecular complexity index is 537. The van der Waals surface area contributed by atoms with Crippen molar-refractivity contribution in [1.29, 1.82) is 0 Å². The molecule has 1 amide bonds. The van der Waals surface area contributed by atoms with Crippen molar-refractivity contribution in [2.24, 2.45) is 0 Å². The van der Waals surface area contributed by atoms with Crippen molar-refractivity contribution in [1.82, 2.24) is 20.5 Å². The van der Waals surface area contributed by atoms with Gasteiger partial charge in [-0.25, -0.2) is 13.4 Å². The van der Waals surface area contributed by atoms with E-state index in [4.69, 9.17) is 0 Å². The van der Waals surface area contributed by atoms with Crippen molar-refractivity contribution in [3.8, 4) is 0 Å². The summed E-state index contributed by atoms with van der Waals surface area (Å²) >= 11 is 0. The van der Waals surface area contributed by atoms with Crippen molar-refractivity contribution >= 4 is 15.7 Å². The largest absolute Gasteiger partial charge is 0.346 e. The first-order valence-corrected chi connectivity index (χ1v) is 7.75. The van der Waals surface area contributed by atoms with Crippen LogP contribution in [0.5, 0.6) is 0 Å². The molecule has 1 aromatic rings. The standard InChI is InChI=1S/C10H16N4O3S/c1-2-8-12-9(14-13-8)10(15)11-7-4-3-5-18(16,17)6-7/h7H,2-6H2,1H3,(H,11,15)(H,12,13,14). The van der Waals surface area contributed by atoms with E-state index in [1.54, 1.807) is 0 Å². The molecule has 0 bridgehead atoms. The number of carbonyl (C=O) groups excluding carboxylic acids is 1. The van der Waals surface area contributed by atoms with E-state index in [9.17, 15) is 13.2 Å². The van der Waals surface area contributed by atoms with Crippen molar-refractivity contribution < 1.29 is 13.2 Å². The van der Waals surface area contributed by atoms with Gasteiger partial charge < -0.3 is 5.32 Å². The number of hydrogen-bond donors (Lipinski definition) is 2. The smallest absolute Gasteiger partial charge is 0.291 e. The van der Waals surface area contributed by atoms with Gasteiger partial charge in [-0.1, -0.05) is 6.92 Å². The number of carbonyl (C=O) groups is 1. The molecular weight excluding hydrogens is 256 g/mol. The van der Waals surface area contributed by atoms with E-state index in [1.807, 2.05) is 6.92 Å². The van der Waals surface area contributed by atoms with Crippen LogP contribution in [-0.2, 0) is 16.3 Å². The first-order valence-electron chi connectivity index (χ1n) is 5.93. The van der Waals surface area contributed by atoms with E-state index in [0.717, 1.165) is 0 Å². The van der Waals surface area contributed by atoms with Crippen LogP contribution in [-0.4, -0.2) is 47.1 Å². The molecule has 2 N–H and O–H groups in total. The van der Waals surface area contributed by atoms with E-state index in [-0.39, 0.29) is 23.4 Å². The molecule has 1 aliphatic rings. The number of nitrogens with zero attached hydrogens (tertiary/aromatic N) is 2. The maximum Gasteiger partial charge on any atom is 0.291 e. The first-order chi connectivity index (χ1) is 8.50. The fourth-order valence-electron chi connectivity index (χ4n) is 1.94. The number of nitrogens with one attached hydrogen (secondary N) is 2. The van der Waals surface area contributed by atoms with E-state index < -0.39 is 15.7 Å². The average molecular weight is 272 g/mol. The molecule has 0 spiro atoms. The van der Waals surface area contributed by atoms with Gasteiger partial charge in [-0.05, 0) is 12.8 Å². The molecular formula is C10H16N4O3S. The van der Waals surface area contributed by atoms with E-state index in [1.165, 1.54) is 0 Å². The molecule has 0 aliphatic carbocycles. The summed E-state index contributed by atoms with van der Waals surface area (Å²) in [6, 6.07) is -0.333. The van der Waals surface area contributed by atoms with Crippen LogP contribution in [0.4, 0.5) is 0 Å². The zero-order valence-corrected chi connectivity index (χ0v) is 11.0. The van der Waals surface area contributed by atoms with Gasteiger partial charge in [-0.2, -0.15) is 0 Å². The van der Waals surface area contributed by atoms with Gasteiger partial charge in [-0.15, -0.1) is 5.10 Å². The lowest BCUT2D eigenvalue weighted by Gasteiger charge is -2.22. The summed E-state index contributed by atoms with van der Waals surface area (Å²) in [6.45, 7) is 1.90. The van der Waals surface area contributed by atoms with Gasteiger partial charge in [0, 0.05) is 12.5 Å². The zero-order chi connectivity index (χ0) is 13.2. The molecule has 18 heavy (non-hydrogen) atoms.